The van der Waals surface area contributed by atoms with Crippen LogP contribution in [0.2, 0.25) is 0 Å². The number of nitrogens with two attached hydrogens (primary N) is 1. The molecule has 0 saturated carbocycles. The average molecular weight is 450 g/mol. The maximum atomic E-state index is 13.3. The van der Waals surface area contributed by atoms with Crippen LogP contribution in [0.1, 0.15) is 79.2 Å². The third-order valence-corrected chi connectivity index (χ3v) is 5.96. The average Bonchev–Trinajstić information content (AvgIpc) is 3.39. The van der Waals surface area contributed by atoms with Crippen LogP contribution in [0.5, 0.6) is 11.5 Å². The number of H-pyrrole nitrogens is 1. The molecule has 174 valence electrons. The summed E-state index contributed by atoms with van der Waals surface area (Å²) in [6, 6.07) is 13.0. The first-order chi connectivity index (χ1) is 16.1. The monoisotopic (exact) mass is 449 g/mol. The van der Waals surface area contributed by atoms with Gasteiger partial charge in [0.2, 0.25) is 5.82 Å². The van der Waals surface area contributed by atoms with Gasteiger partial charge >= 0.3 is 0 Å². The lowest BCUT2D eigenvalue weighted by molar-refractivity contribution is -0.0154. The number of para-hydroxylation sites is 1. The number of nitrogens with one attached hydrogen (secondary N) is 1. The number of carbonyl (C=O) groups excluding carboxylic acids is 1. The van der Waals surface area contributed by atoms with E-state index in [1.165, 1.54) is 50.5 Å². The molecule has 0 amide bonds. The number of nitrogens with zero attached hydrogens (tertiary/aromatic N) is 3. The topological polar surface area (TPSA) is 116 Å². The van der Waals surface area contributed by atoms with Crippen molar-refractivity contribution in [3.8, 4) is 11.5 Å². The van der Waals surface area contributed by atoms with Gasteiger partial charge in [0.15, 0.2) is 17.3 Å². The molecule has 4 rings (SSSR count). The van der Waals surface area contributed by atoms with Crippen molar-refractivity contribution < 1.29 is 14.3 Å². The molecular weight excluding hydrogens is 418 g/mol. The maximum Gasteiger partial charge on any atom is 0.257 e. The van der Waals surface area contributed by atoms with Gasteiger partial charge in [0.05, 0.1) is 5.56 Å². The highest BCUT2D eigenvalue weighted by molar-refractivity contribution is 6.11. The number of tetrazole rings is 1. The first-order valence-corrected chi connectivity index (χ1v) is 11.7. The molecule has 0 saturated heterocycles. The summed E-state index contributed by atoms with van der Waals surface area (Å²) in [4.78, 5) is 13.3. The number of aromatic amines is 1. The van der Waals surface area contributed by atoms with Crippen LogP contribution in [0.4, 0.5) is 0 Å². The van der Waals surface area contributed by atoms with E-state index in [0.29, 0.717) is 16.9 Å². The lowest BCUT2D eigenvalue weighted by Gasteiger charge is -2.33. The molecule has 33 heavy (non-hydrogen) atoms. The summed E-state index contributed by atoms with van der Waals surface area (Å²) in [7, 11) is 0. The molecule has 0 bridgehead atoms. The molecule has 1 atom stereocenters. The predicted octanol–water partition coefficient (Wildman–Crippen LogP) is 4.31. The number of unbranched alkanes of at least 4 members (excludes halogenated alkanes) is 6. The lowest BCUT2D eigenvalue weighted by Crippen LogP contribution is -2.51. The van der Waals surface area contributed by atoms with E-state index in [4.69, 9.17) is 15.2 Å². The minimum absolute atomic E-state index is 0.00444. The molecule has 1 aliphatic heterocycles. The Hall–Kier alpha value is -3.26. The molecule has 1 aromatic heterocycles. The fourth-order valence-corrected chi connectivity index (χ4v) is 4.03. The molecule has 2 heterocycles. The highest BCUT2D eigenvalue weighted by Crippen LogP contribution is 2.40. The summed E-state index contributed by atoms with van der Waals surface area (Å²) < 4.78 is 11.8. The Bertz CT molecular complexity index is 1050. The number of hydrogen-bond donors (Lipinski definition) is 2. The molecular formula is C25H31N5O3. The van der Waals surface area contributed by atoms with Crippen LogP contribution in [0.25, 0.3) is 0 Å². The minimum atomic E-state index is -1.43. The number of aryl methyl sites for hydroxylation is 1. The Balaban J connectivity index is 1.41. The maximum absolute atomic E-state index is 13.3. The minimum Gasteiger partial charge on any atom is -0.483 e. The van der Waals surface area contributed by atoms with E-state index in [9.17, 15) is 4.79 Å². The zero-order valence-corrected chi connectivity index (χ0v) is 19.0. The van der Waals surface area contributed by atoms with Crippen LogP contribution in [0.15, 0.2) is 42.5 Å². The Morgan fingerprint density at radius 2 is 1.82 bits per heavy atom. The summed E-state index contributed by atoms with van der Waals surface area (Å²) in [5.74, 6) is 0.745. The quantitative estimate of drug-likeness (QED) is 0.331. The first kappa shape index (κ1) is 22.9. The van der Waals surface area contributed by atoms with Gasteiger partial charge in [-0.1, -0.05) is 75.8 Å². The van der Waals surface area contributed by atoms with Crippen LogP contribution in [0, 0.1) is 0 Å². The number of carbonyl (C=O) groups is 1. The molecule has 0 spiro atoms. The third kappa shape index (κ3) is 5.39. The Morgan fingerprint density at radius 1 is 1.06 bits per heavy atom. The normalized spacial score (nSPS) is 17.2. The molecule has 0 aliphatic carbocycles. The van der Waals surface area contributed by atoms with Crippen molar-refractivity contribution in [2.75, 3.05) is 6.61 Å². The second-order valence-electron chi connectivity index (χ2n) is 8.55. The van der Waals surface area contributed by atoms with E-state index in [-0.39, 0.29) is 24.0 Å². The Morgan fingerprint density at radius 3 is 2.55 bits per heavy atom. The number of fused-ring (bicyclic) bond motifs is 1. The first-order valence-electron chi connectivity index (χ1n) is 11.7. The van der Waals surface area contributed by atoms with Crippen molar-refractivity contribution in [3.05, 3.63) is 65.0 Å². The standard InChI is InChI=1S/C25H31N5O3/c1-2-3-4-5-6-7-8-10-18-13-15-19(16-14-18)22(31)20-11-9-12-21-23(20)33-25(26,17-32-21)24-27-29-30-28-24/h9,11-16H,2-8,10,17,26H2,1H3,(H,27,28,29,30). The van der Waals surface area contributed by atoms with Crippen molar-refractivity contribution in [2.24, 2.45) is 5.73 Å². The molecule has 3 N–H and O–H groups in total. The van der Waals surface area contributed by atoms with Gasteiger partial charge in [-0.2, -0.15) is 5.21 Å². The summed E-state index contributed by atoms with van der Waals surface area (Å²) in [5, 5.41) is 13.7. The molecule has 0 radical (unpaired) electrons. The number of aromatic nitrogens is 4. The Labute approximate surface area is 193 Å². The van der Waals surface area contributed by atoms with E-state index >= 15 is 0 Å². The molecule has 1 aliphatic rings. The number of rotatable bonds is 11. The van der Waals surface area contributed by atoms with Gasteiger partial charge in [0.1, 0.15) is 6.61 Å². The SMILES string of the molecule is CCCCCCCCCc1ccc(C(=O)c2cccc3c2OC(N)(c2nn[nH]n2)CO3)cc1. The second-order valence-corrected chi connectivity index (χ2v) is 8.55. The molecule has 8 nitrogen and oxygen atoms in total. The fourth-order valence-electron chi connectivity index (χ4n) is 4.03. The van der Waals surface area contributed by atoms with Gasteiger partial charge in [-0.05, 0) is 35.8 Å². The van der Waals surface area contributed by atoms with Crippen LogP contribution in [-0.2, 0) is 12.1 Å². The van der Waals surface area contributed by atoms with Gasteiger partial charge in [-0.25, -0.2) is 0 Å². The smallest absolute Gasteiger partial charge is 0.257 e. The lowest BCUT2D eigenvalue weighted by atomic mass is 9.98. The van der Waals surface area contributed by atoms with E-state index in [1.54, 1.807) is 18.2 Å². The van der Waals surface area contributed by atoms with Gasteiger partial charge < -0.3 is 9.47 Å². The van der Waals surface area contributed by atoms with Crippen LogP contribution < -0.4 is 15.2 Å². The van der Waals surface area contributed by atoms with Gasteiger partial charge in [-0.15, -0.1) is 10.2 Å². The van der Waals surface area contributed by atoms with E-state index in [0.717, 1.165) is 6.42 Å². The largest absolute Gasteiger partial charge is 0.483 e. The second kappa shape index (κ2) is 10.6. The molecule has 0 fully saturated rings. The van der Waals surface area contributed by atoms with Crippen molar-refractivity contribution in [3.63, 3.8) is 0 Å². The number of ether oxygens (including phenoxy) is 2. The van der Waals surface area contributed by atoms with E-state index < -0.39 is 5.72 Å². The third-order valence-electron chi connectivity index (χ3n) is 5.96. The zero-order valence-electron chi connectivity index (χ0n) is 19.0. The zero-order chi connectivity index (χ0) is 23.1. The summed E-state index contributed by atoms with van der Waals surface area (Å²) in [6.45, 7) is 2.24. The summed E-state index contributed by atoms with van der Waals surface area (Å²) in [6.07, 6.45) is 10.0. The summed E-state index contributed by atoms with van der Waals surface area (Å²) >= 11 is 0. The molecule has 1 unspecified atom stereocenters. The number of benzene rings is 2. The fraction of sp³-hybridized carbons (Fsp3) is 0.440. The van der Waals surface area contributed by atoms with Crippen molar-refractivity contribution in [1.29, 1.82) is 0 Å². The molecule has 8 heteroatoms. The van der Waals surface area contributed by atoms with E-state index in [2.05, 4.69) is 27.5 Å². The van der Waals surface area contributed by atoms with Crippen molar-refractivity contribution in [2.45, 2.75) is 64.0 Å². The van der Waals surface area contributed by atoms with Crippen molar-refractivity contribution >= 4 is 5.78 Å². The van der Waals surface area contributed by atoms with Gasteiger partial charge in [-0.3, -0.25) is 10.5 Å². The van der Waals surface area contributed by atoms with Crippen LogP contribution in [-0.4, -0.2) is 33.0 Å². The number of hydrogen-bond acceptors (Lipinski definition) is 7. The highest BCUT2D eigenvalue weighted by atomic mass is 16.6. The van der Waals surface area contributed by atoms with Gasteiger partial charge in [0, 0.05) is 5.56 Å². The predicted molar refractivity (Wildman–Crippen MR) is 124 cm³/mol. The highest BCUT2D eigenvalue weighted by Gasteiger charge is 2.41. The summed E-state index contributed by atoms with van der Waals surface area (Å²) in [5.41, 5.74) is 7.09. The molecule has 3 aromatic rings. The van der Waals surface area contributed by atoms with E-state index in [1.807, 2.05) is 24.3 Å². The Kier molecular flexibility index (Phi) is 7.34. The van der Waals surface area contributed by atoms with Crippen LogP contribution in [0.3, 0.4) is 0 Å². The van der Waals surface area contributed by atoms with Crippen molar-refractivity contribution in [1.82, 2.24) is 20.6 Å². The molecule has 2 aromatic carbocycles. The van der Waals surface area contributed by atoms with Gasteiger partial charge in [0.25, 0.3) is 5.72 Å². The number of ketones is 1. The van der Waals surface area contributed by atoms with Crippen LogP contribution >= 0.6 is 0 Å².